The molecule has 2 aromatic heterocycles. The molecule has 0 saturated heterocycles. The van der Waals surface area contributed by atoms with Crippen LogP contribution in [0.2, 0.25) is 0 Å². The van der Waals surface area contributed by atoms with Gasteiger partial charge in [0, 0.05) is 6.20 Å². The van der Waals surface area contributed by atoms with Gasteiger partial charge in [-0.1, -0.05) is 0 Å². The van der Waals surface area contributed by atoms with Crippen LogP contribution in [-0.4, -0.2) is 49.7 Å². The topological polar surface area (TPSA) is 85.2 Å². The van der Waals surface area contributed by atoms with Crippen LogP contribution in [-0.2, 0) is 17.9 Å². The molecule has 1 amide bonds. The minimum atomic E-state index is -0.311. The van der Waals surface area contributed by atoms with E-state index in [2.05, 4.69) is 20.5 Å². The van der Waals surface area contributed by atoms with Crippen molar-refractivity contribution in [2.75, 3.05) is 12.4 Å². The lowest BCUT2D eigenvalue weighted by atomic mass is 10.1. The summed E-state index contributed by atoms with van der Waals surface area (Å²) >= 11 is 0. The molecule has 0 aliphatic carbocycles. The minimum Gasteiger partial charge on any atom is -0.473 e. The van der Waals surface area contributed by atoms with Gasteiger partial charge in [0.1, 0.15) is 23.4 Å². The first-order valence-electron chi connectivity index (χ1n) is 8.38. The largest absolute Gasteiger partial charge is 0.473 e. The lowest BCUT2D eigenvalue weighted by Crippen LogP contribution is -2.48. The lowest BCUT2D eigenvalue weighted by molar-refractivity contribution is -0.122. The van der Waals surface area contributed by atoms with Gasteiger partial charge in [-0.25, -0.2) is 4.98 Å². The summed E-state index contributed by atoms with van der Waals surface area (Å²) in [6.07, 6.45) is 1.71. The van der Waals surface area contributed by atoms with Crippen molar-refractivity contribution in [1.82, 2.24) is 24.6 Å². The average molecular weight is 344 g/mol. The van der Waals surface area contributed by atoms with Crippen molar-refractivity contribution >= 4 is 11.6 Å². The van der Waals surface area contributed by atoms with E-state index in [0.717, 1.165) is 17.2 Å². The van der Waals surface area contributed by atoms with E-state index in [1.807, 2.05) is 50.3 Å². The molecular weight excluding hydrogens is 320 g/mol. The van der Waals surface area contributed by atoms with Crippen molar-refractivity contribution in [2.45, 2.75) is 52.9 Å². The molecule has 8 nitrogen and oxygen atoms in total. The molecule has 0 saturated carbocycles. The van der Waals surface area contributed by atoms with Crippen LogP contribution >= 0.6 is 0 Å². The number of rotatable bonds is 4. The Bertz CT molecular complexity index is 785. The average Bonchev–Trinajstić information content (AvgIpc) is 2.89. The third-order valence-corrected chi connectivity index (χ3v) is 4.19. The van der Waals surface area contributed by atoms with E-state index in [4.69, 9.17) is 4.74 Å². The lowest BCUT2D eigenvalue weighted by Gasteiger charge is -2.32. The third-order valence-electron chi connectivity index (χ3n) is 4.19. The summed E-state index contributed by atoms with van der Waals surface area (Å²) in [7, 11) is 1.91. The molecule has 1 N–H and O–H groups in total. The monoisotopic (exact) mass is 344 g/mol. The summed E-state index contributed by atoms with van der Waals surface area (Å²) in [5, 5.41) is 11.2. The van der Waals surface area contributed by atoms with E-state index in [1.54, 1.807) is 6.20 Å². The van der Waals surface area contributed by atoms with Gasteiger partial charge in [0.05, 0.1) is 19.2 Å². The highest BCUT2D eigenvalue weighted by Gasteiger charge is 2.31. The van der Waals surface area contributed by atoms with E-state index in [9.17, 15) is 4.79 Å². The Morgan fingerprint density at radius 1 is 1.36 bits per heavy atom. The predicted molar refractivity (Wildman–Crippen MR) is 93.4 cm³/mol. The summed E-state index contributed by atoms with van der Waals surface area (Å²) in [4.78, 5) is 19.2. The summed E-state index contributed by atoms with van der Waals surface area (Å²) in [6.45, 7) is 8.80. The fraction of sp³-hybridized carbons (Fsp3) is 0.529. The minimum absolute atomic E-state index is 0.0227. The van der Waals surface area contributed by atoms with Crippen LogP contribution in [0.4, 0.5) is 5.69 Å². The van der Waals surface area contributed by atoms with Crippen LogP contribution in [0.3, 0.4) is 0 Å². The first-order chi connectivity index (χ1) is 11.8. The molecule has 1 aliphatic heterocycles. The number of nitrogens with one attached hydrogen (secondary N) is 1. The Kier molecular flexibility index (Phi) is 4.71. The number of aryl methyl sites for hydroxylation is 2. The first-order valence-corrected chi connectivity index (χ1v) is 8.38. The normalized spacial score (nSPS) is 17.4. The molecule has 0 aromatic carbocycles. The molecule has 1 aliphatic rings. The number of pyridine rings is 1. The zero-order chi connectivity index (χ0) is 18.1. The Morgan fingerprint density at radius 3 is 2.84 bits per heavy atom. The van der Waals surface area contributed by atoms with E-state index in [0.29, 0.717) is 24.7 Å². The Balaban J connectivity index is 1.81. The second-order valence-corrected chi connectivity index (χ2v) is 6.73. The number of hydrogen-bond donors (Lipinski definition) is 1. The molecule has 0 fully saturated rings. The highest BCUT2D eigenvalue weighted by molar-refractivity contribution is 5.95. The van der Waals surface area contributed by atoms with E-state index in [-0.39, 0.29) is 18.1 Å². The SMILES string of the molecule is Cc1cnc(OC(C)C)c(NC(=O)C2Cn3c(C)nnc3CN2C)c1. The van der Waals surface area contributed by atoms with Crippen LogP contribution in [0.25, 0.3) is 0 Å². The van der Waals surface area contributed by atoms with Crippen molar-refractivity contribution in [2.24, 2.45) is 0 Å². The van der Waals surface area contributed by atoms with Crippen molar-refractivity contribution < 1.29 is 9.53 Å². The molecule has 3 heterocycles. The van der Waals surface area contributed by atoms with Gasteiger partial charge in [0.15, 0.2) is 0 Å². The third kappa shape index (κ3) is 3.63. The number of likely N-dealkylation sites (N-methyl/N-ethyl adjacent to an activating group) is 1. The molecule has 0 bridgehead atoms. The maximum Gasteiger partial charge on any atom is 0.243 e. The number of carbonyl (C=O) groups is 1. The molecular formula is C17H24N6O2. The molecule has 25 heavy (non-hydrogen) atoms. The van der Waals surface area contributed by atoms with Crippen molar-refractivity contribution in [3.8, 4) is 5.88 Å². The molecule has 2 aromatic rings. The number of hydrogen-bond acceptors (Lipinski definition) is 6. The zero-order valence-electron chi connectivity index (χ0n) is 15.3. The van der Waals surface area contributed by atoms with Gasteiger partial charge in [-0.2, -0.15) is 0 Å². The maximum atomic E-state index is 12.9. The quantitative estimate of drug-likeness (QED) is 0.905. The van der Waals surface area contributed by atoms with E-state index >= 15 is 0 Å². The van der Waals surface area contributed by atoms with Crippen molar-refractivity contribution in [1.29, 1.82) is 0 Å². The fourth-order valence-electron chi connectivity index (χ4n) is 2.89. The van der Waals surface area contributed by atoms with Gasteiger partial charge in [0.25, 0.3) is 0 Å². The zero-order valence-corrected chi connectivity index (χ0v) is 15.3. The Labute approximate surface area is 147 Å². The molecule has 134 valence electrons. The molecule has 1 unspecified atom stereocenters. The summed E-state index contributed by atoms with van der Waals surface area (Å²) in [5.41, 5.74) is 1.55. The maximum absolute atomic E-state index is 12.9. The number of anilines is 1. The van der Waals surface area contributed by atoms with Crippen molar-refractivity contribution in [3.05, 3.63) is 29.5 Å². The molecule has 0 spiro atoms. The van der Waals surface area contributed by atoms with E-state index < -0.39 is 0 Å². The second kappa shape index (κ2) is 6.79. The summed E-state index contributed by atoms with van der Waals surface area (Å²) in [5.74, 6) is 2.04. The van der Waals surface area contributed by atoms with Gasteiger partial charge in [-0.3, -0.25) is 9.69 Å². The van der Waals surface area contributed by atoms with Crippen LogP contribution in [0.5, 0.6) is 5.88 Å². The summed E-state index contributed by atoms with van der Waals surface area (Å²) < 4.78 is 7.70. The van der Waals surface area contributed by atoms with Crippen LogP contribution in [0.15, 0.2) is 12.3 Å². The van der Waals surface area contributed by atoms with E-state index in [1.165, 1.54) is 0 Å². The number of aromatic nitrogens is 4. The number of carbonyl (C=O) groups excluding carboxylic acids is 1. The number of nitrogens with zero attached hydrogens (tertiary/aromatic N) is 5. The van der Waals surface area contributed by atoms with Gasteiger partial charge in [0.2, 0.25) is 11.8 Å². The van der Waals surface area contributed by atoms with Gasteiger partial charge in [-0.05, 0) is 46.4 Å². The number of fused-ring (bicyclic) bond motifs is 1. The number of amides is 1. The van der Waals surface area contributed by atoms with Gasteiger partial charge >= 0.3 is 0 Å². The van der Waals surface area contributed by atoms with Gasteiger partial charge < -0.3 is 14.6 Å². The predicted octanol–water partition coefficient (Wildman–Crippen LogP) is 1.53. The molecule has 8 heteroatoms. The number of ether oxygens (including phenoxy) is 1. The Morgan fingerprint density at radius 2 is 2.12 bits per heavy atom. The second-order valence-electron chi connectivity index (χ2n) is 6.73. The van der Waals surface area contributed by atoms with Crippen LogP contribution < -0.4 is 10.1 Å². The molecule has 0 radical (unpaired) electrons. The smallest absolute Gasteiger partial charge is 0.243 e. The van der Waals surface area contributed by atoms with Crippen LogP contribution in [0, 0.1) is 13.8 Å². The Hall–Kier alpha value is -2.48. The first kappa shape index (κ1) is 17.3. The fourth-order valence-corrected chi connectivity index (χ4v) is 2.89. The summed E-state index contributed by atoms with van der Waals surface area (Å²) in [6, 6.07) is 1.57. The van der Waals surface area contributed by atoms with Crippen molar-refractivity contribution in [3.63, 3.8) is 0 Å². The molecule has 1 atom stereocenters. The highest BCUT2D eigenvalue weighted by Crippen LogP contribution is 2.25. The standard InChI is InChI=1S/C17H24N6O2/c1-10(2)25-17-13(6-11(3)7-18-17)19-16(24)14-8-23-12(4)20-21-15(23)9-22(14)5/h6-7,10,14H,8-9H2,1-5H3,(H,19,24). The highest BCUT2D eigenvalue weighted by atomic mass is 16.5. The van der Waals surface area contributed by atoms with Gasteiger partial charge in [-0.15, -0.1) is 10.2 Å². The van der Waals surface area contributed by atoms with Crippen LogP contribution in [0.1, 0.15) is 31.1 Å². The molecule has 3 rings (SSSR count).